The van der Waals surface area contributed by atoms with Crippen LogP contribution in [-0.2, 0) is 0 Å². The first-order valence-electron chi connectivity index (χ1n) is 6.01. The van der Waals surface area contributed by atoms with Crippen molar-refractivity contribution in [2.45, 2.75) is 13.8 Å². The molecule has 0 fully saturated rings. The van der Waals surface area contributed by atoms with Gasteiger partial charge in [-0.2, -0.15) is 0 Å². The average Bonchev–Trinajstić information content (AvgIpc) is 2.46. The van der Waals surface area contributed by atoms with Gasteiger partial charge in [-0.05, 0) is 12.1 Å². The Labute approximate surface area is 114 Å². The molecule has 0 unspecified atom stereocenters. The van der Waals surface area contributed by atoms with E-state index in [0.29, 0.717) is 11.3 Å². The van der Waals surface area contributed by atoms with Crippen LogP contribution in [0.4, 0.5) is 0 Å². The van der Waals surface area contributed by atoms with Gasteiger partial charge >= 0.3 is 0 Å². The highest BCUT2D eigenvalue weighted by Crippen LogP contribution is 2.25. The van der Waals surface area contributed by atoms with Crippen molar-refractivity contribution in [3.63, 3.8) is 0 Å². The Morgan fingerprint density at radius 3 is 2.37 bits per heavy atom. The molecular formula is C16H20O3. The summed E-state index contributed by atoms with van der Waals surface area (Å²) in [5, 5.41) is 9.72. The second-order valence-corrected chi connectivity index (χ2v) is 3.27. The SMILES string of the molecule is C=C/C=C(\C=C)C(=O)c1ccc(OC)cc1O.CC. The zero-order chi connectivity index (χ0) is 14.8. The standard InChI is InChI=1S/C14H14O3.C2H6/c1-4-6-10(5-2)14(16)12-8-7-11(17-3)9-13(12)15;1-2/h4-9,15H,1-2H2,3H3;1-2H3/b10-6+;. The summed E-state index contributed by atoms with van der Waals surface area (Å²) in [5.74, 6) is 0.0677. The van der Waals surface area contributed by atoms with Crippen LogP contribution in [0.3, 0.4) is 0 Å². The van der Waals surface area contributed by atoms with Crippen LogP contribution in [0.1, 0.15) is 24.2 Å². The van der Waals surface area contributed by atoms with Crippen LogP contribution in [0, 0.1) is 0 Å². The van der Waals surface area contributed by atoms with E-state index < -0.39 is 0 Å². The molecule has 0 aliphatic heterocycles. The molecule has 3 heteroatoms. The van der Waals surface area contributed by atoms with Gasteiger partial charge in [0.25, 0.3) is 0 Å². The van der Waals surface area contributed by atoms with Crippen LogP contribution in [0.25, 0.3) is 0 Å². The summed E-state index contributed by atoms with van der Waals surface area (Å²) in [4.78, 5) is 12.0. The molecule has 1 N–H and O–H groups in total. The van der Waals surface area contributed by atoms with E-state index in [1.54, 1.807) is 12.1 Å². The fraction of sp³-hybridized carbons (Fsp3) is 0.188. The van der Waals surface area contributed by atoms with Crippen LogP contribution < -0.4 is 4.74 Å². The molecule has 1 aromatic carbocycles. The molecule has 0 aromatic heterocycles. The first kappa shape index (κ1) is 16.7. The number of ketones is 1. The molecule has 0 saturated carbocycles. The van der Waals surface area contributed by atoms with Crippen molar-refractivity contribution < 1.29 is 14.6 Å². The summed E-state index contributed by atoms with van der Waals surface area (Å²) >= 11 is 0. The molecule has 0 amide bonds. The Morgan fingerprint density at radius 1 is 1.32 bits per heavy atom. The van der Waals surface area contributed by atoms with Crippen molar-refractivity contribution in [1.29, 1.82) is 0 Å². The van der Waals surface area contributed by atoms with E-state index >= 15 is 0 Å². The highest BCUT2D eigenvalue weighted by Gasteiger charge is 2.14. The third kappa shape index (κ3) is 4.47. The number of allylic oxidation sites excluding steroid dienone is 4. The van der Waals surface area contributed by atoms with Gasteiger partial charge in [-0.25, -0.2) is 0 Å². The lowest BCUT2D eigenvalue weighted by Gasteiger charge is -2.06. The summed E-state index contributed by atoms with van der Waals surface area (Å²) in [6, 6.07) is 4.51. The Hall–Kier alpha value is -2.29. The zero-order valence-corrected chi connectivity index (χ0v) is 11.6. The number of carbonyl (C=O) groups is 1. The number of ether oxygens (including phenoxy) is 1. The molecule has 0 aliphatic carbocycles. The summed E-state index contributed by atoms with van der Waals surface area (Å²) in [6.07, 6.45) is 4.46. The number of rotatable bonds is 5. The molecule has 0 bridgehead atoms. The highest BCUT2D eigenvalue weighted by atomic mass is 16.5. The van der Waals surface area contributed by atoms with E-state index in [4.69, 9.17) is 4.74 Å². The van der Waals surface area contributed by atoms with Gasteiger partial charge in [-0.3, -0.25) is 4.79 Å². The Kier molecular flexibility index (Phi) is 7.70. The molecule has 0 saturated heterocycles. The van der Waals surface area contributed by atoms with Gasteiger partial charge in [0, 0.05) is 11.6 Å². The lowest BCUT2D eigenvalue weighted by atomic mass is 10.0. The van der Waals surface area contributed by atoms with Gasteiger partial charge in [0.15, 0.2) is 5.78 Å². The molecule has 3 nitrogen and oxygen atoms in total. The molecular weight excluding hydrogens is 240 g/mol. The second-order valence-electron chi connectivity index (χ2n) is 3.27. The molecule has 102 valence electrons. The maximum Gasteiger partial charge on any atom is 0.196 e. The number of hydrogen-bond acceptors (Lipinski definition) is 3. The maximum absolute atomic E-state index is 12.0. The maximum atomic E-state index is 12.0. The summed E-state index contributed by atoms with van der Waals surface area (Å²) in [6.45, 7) is 11.1. The third-order valence-electron chi connectivity index (χ3n) is 2.23. The summed E-state index contributed by atoms with van der Waals surface area (Å²) in [7, 11) is 1.49. The smallest absolute Gasteiger partial charge is 0.196 e. The molecule has 0 heterocycles. The topological polar surface area (TPSA) is 46.5 Å². The van der Waals surface area contributed by atoms with E-state index in [1.807, 2.05) is 13.8 Å². The quantitative estimate of drug-likeness (QED) is 0.496. The second kappa shape index (κ2) is 8.75. The minimum atomic E-state index is -0.306. The lowest BCUT2D eigenvalue weighted by molar-refractivity contribution is 0.103. The fourth-order valence-electron chi connectivity index (χ4n) is 1.35. The highest BCUT2D eigenvalue weighted by molar-refractivity contribution is 6.12. The molecule has 0 atom stereocenters. The molecule has 19 heavy (non-hydrogen) atoms. The van der Waals surface area contributed by atoms with Gasteiger partial charge < -0.3 is 9.84 Å². The van der Waals surface area contributed by atoms with E-state index in [-0.39, 0.29) is 17.1 Å². The van der Waals surface area contributed by atoms with Crippen molar-refractivity contribution in [1.82, 2.24) is 0 Å². The molecule has 0 aliphatic rings. The van der Waals surface area contributed by atoms with Gasteiger partial charge in [-0.15, -0.1) is 0 Å². The summed E-state index contributed by atoms with van der Waals surface area (Å²) in [5.41, 5.74) is 0.583. The minimum Gasteiger partial charge on any atom is -0.507 e. The lowest BCUT2D eigenvalue weighted by Crippen LogP contribution is -2.02. The van der Waals surface area contributed by atoms with Gasteiger partial charge in [0.2, 0.25) is 0 Å². The molecule has 0 radical (unpaired) electrons. The fourth-order valence-corrected chi connectivity index (χ4v) is 1.35. The number of hydrogen-bond donors (Lipinski definition) is 1. The Morgan fingerprint density at radius 2 is 1.95 bits per heavy atom. The largest absolute Gasteiger partial charge is 0.507 e. The monoisotopic (exact) mass is 260 g/mol. The van der Waals surface area contributed by atoms with E-state index in [2.05, 4.69) is 13.2 Å². The average molecular weight is 260 g/mol. The van der Waals surface area contributed by atoms with Gasteiger partial charge in [0.1, 0.15) is 11.5 Å². The van der Waals surface area contributed by atoms with Crippen molar-refractivity contribution in [3.8, 4) is 11.5 Å². The molecule has 1 aromatic rings. The predicted octanol–water partition coefficient (Wildman–Crippen LogP) is 3.91. The van der Waals surface area contributed by atoms with Crippen LogP contribution in [0.2, 0.25) is 0 Å². The Bertz CT molecular complexity index is 485. The van der Waals surface area contributed by atoms with Crippen molar-refractivity contribution in [2.75, 3.05) is 7.11 Å². The minimum absolute atomic E-state index is 0.119. The van der Waals surface area contributed by atoms with E-state index in [0.717, 1.165) is 0 Å². The van der Waals surface area contributed by atoms with Crippen LogP contribution >= 0.6 is 0 Å². The molecule has 1 rings (SSSR count). The van der Waals surface area contributed by atoms with E-state index in [1.165, 1.54) is 31.4 Å². The number of carbonyl (C=O) groups excluding carboxylic acids is 1. The number of methoxy groups -OCH3 is 1. The Balaban J connectivity index is 0.00000154. The normalized spacial score (nSPS) is 9.95. The van der Waals surface area contributed by atoms with Crippen LogP contribution in [0.5, 0.6) is 11.5 Å². The number of benzene rings is 1. The summed E-state index contributed by atoms with van der Waals surface area (Å²) < 4.78 is 4.94. The van der Waals surface area contributed by atoms with Crippen molar-refractivity contribution in [3.05, 3.63) is 60.7 Å². The first-order chi connectivity index (χ1) is 9.13. The zero-order valence-electron chi connectivity index (χ0n) is 11.6. The predicted molar refractivity (Wildman–Crippen MR) is 78.8 cm³/mol. The van der Waals surface area contributed by atoms with Crippen LogP contribution in [0.15, 0.2) is 55.2 Å². The molecule has 0 spiro atoms. The number of phenolic OH excluding ortho intramolecular Hbond substituents is 1. The number of aromatic hydroxyl groups is 1. The van der Waals surface area contributed by atoms with Gasteiger partial charge in [0.05, 0.1) is 12.7 Å². The van der Waals surface area contributed by atoms with Crippen molar-refractivity contribution >= 4 is 5.78 Å². The van der Waals surface area contributed by atoms with Crippen molar-refractivity contribution in [2.24, 2.45) is 0 Å². The van der Waals surface area contributed by atoms with Gasteiger partial charge in [-0.1, -0.05) is 45.2 Å². The number of phenols is 1. The van der Waals surface area contributed by atoms with Crippen LogP contribution in [-0.4, -0.2) is 18.0 Å². The van der Waals surface area contributed by atoms with E-state index in [9.17, 15) is 9.90 Å². The first-order valence-corrected chi connectivity index (χ1v) is 6.01. The number of Topliss-reactive ketones (excluding diaryl/α,β-unsaturated/α-hetero) is 1. The third-order valence-corrected chi connectivity index (χ3v) is 2.23.